The molecular weight excluding hydrogens is 218 g/mol. The zero-order valence-corrected chi connectivity index (χ0v) is 10.7. The maximum atomic E-state index is 9.69. The molecule has 4 nitrogen and oxygen atoms in total. The van der Waals surface area contributed by atoms with Crippen molar-refractivity contribution in [2.45, 2.75) is 26.4 Å². The lowest BCUT2D eigenvalue weighted by molar-refractivity contribution is 0.115. The summed E-state index contributed by atoms with van der Waals surface area (Å²) in [5.74, 6) is 1.28. The molecule has 1 rings (SSSR count). The van der Waals surface area contributed by atoms with Crippen molar-refractivity contribution < 1.29 is 14.3 Å². The van der Waals surface area contributed by atoms with Gasteiger partial charge in [-0.05, 0) is 24.5 Å². The van der Waals surface area contributed by atoms with Gasteiger partial charge in [0.2, 0.25) is 0 Å². The van der Waals surface area contributed by atoms with Crippen molar-refractivity contribution in [2.75, 3.05) is 26.3 Å². The second-order valence-electron chi connectivity index (χ2n) is 4.53. The molecule has 1 unspecified atom stereocenters. The van der Waals surface area contributed by atoms with E-state index < -0.39 is 6.10 Å². The minimum Gasteiger partial charge on any atom is -0.467 e. The quantitative estimate of drug-likeness (QED) is 0.649. The molecule has 0 bridgehead atoms. The van der Waals surface area contributed by atoms with E-state index in [0.717, 1.165) is 19.6 Å². The van der Waals surface area contributed by atoms with E-state index in [1.54, 1.807) is 18.4 Å². The lowest BCUT2D eigenvalue weighted by Gasteiger charge is -2.10. The van der Waals surface area contributed by atoms with Crippen molar-refractivity contribution in [3.05, 3.63) is 24.2 Å². The van der Waals surface area contributed by atoms with E-state index in [4.69, 9.17) is 9.15 Å². The molecule has 0 aliphatic carbocycles. The number of furan rings is 1. The molecule has 2 N–H and O–H groups in total. The third-order valence-corrected chi connectivity index (χ3v) is 2.47. The first-order valence-corrected chi connectivity index (χ1v) is 6.20. The second-order valence-corrected chi connectivity index (χ2v) is 4.53. The molecule has 0 spiro atoms. The van der Waals surface area contributed by atoms with Crippen molar-refractivity contribution in [2.24, 2.45) is 5.92 Å². The highest BCUT2D eigenvalue weighted by Gasteiger charge is 2.08. The first kappa shape index (κ1) is 14.2. The van der Waals surface area contributed by atoms with Crippen molar-refractivity contribution in [1.29, 1.82) is 0 Å². The molecule has 1 aromatic rings. The van der Waals surface area contributed by atoms with Gasteiger partial charge in [-0.2, -0.15) is 0 Å². The lowest BCUT2D eigenvalue weighted by Crippen LogP contribution is -2.25. The van der Waals surface area contributed by atoms with Crippen LogP contribution in [-0.4, -0.2) is 31.4 Å². The molecule has 0 aliphatic rings. The topological polar surface area (TPSA) is 54.6 Å². The summed E-state index contributed by atoms with van der Waals surface area (Å²) in [5.41, 5.74) is 0. The van der Waals surface area contributed by atoms with Crippen molar-refractivity contribution in [3.63, 3.8) is 0 Å². The van der Waals surface area contributed by atoms with E-state index in [0.29, 0.717) is 24.8 Å². The predicted octanol–water partition coefficient (Wildman–Crippen LogP) is 1.97. The van der Waals surface area contributed by atoms with Crippen LogP contribution in [0.2, 0.25) is 0 Å². The number of nitrogens with one attached hydrogen (secondary N) is 1. The van der Waals surface area contributed by atoms with Crippen LogP contribution in [-0.2, 0) is 4.74 Å². The smallest absolute Gasteiger partial charge is 0.133 e. The Morgan fingerprint density at radius 3 is 2.88 bits per heavy atom. The third-order valence-electron chi connectivity index (χ3n) is 2.47. The summed E-state index contributed by atoms with van der Waals surface area (Å²) in [6, 6.07) is 3.54. The van der Waals surface area contributed by atoms with Crippen LogP contribution in [0.4, 0.5) is 0 Å². The molecule has 98 valence electrons. The summed E-state index contributed by atoms with van der Waals surface area (Å²) in [5, 5.41) is 12.8. The zero-order chi connectivity index (χ0) is 12.5. The molecule has 0 saturated carbocycles. The molecule has 1 aromatic heterocycles. The van der Waals surface area contributed by atoms with Gasteiger partial charge in [-0.3, -0.25) is 0 Å². The summed E-state index contributed by atoms with van der Waals surface area (Å²) in [7, 11) is 0. The van der Waals surface area contributed by atoms with E-state index >= 15 is 0 Å². The normalized spacial score (nSPS) is 13.2. The van der Waals surface area contributed by atoms with Crippen molar-refractivity contribution >= 4 is 0 Å². The maximum absolute atomic E-state index is 9.69. The van der Waals surface area contributed by atoms with Gasteiger partial charge in [-0.15, -0.1) is 0 Å². The summed E-state index contributed by atoms with van der Waals surface area (Å²) < 4.78 is 10.5. The molecule has 4 heteroatoms. The summed E-state index contributed by atoms with van der Waals surface area (Å²) in [6.45, 7) is 7.08. The van der Waals surface area contributed by atoms with E-state index in [9.17, 15) is 5.11 Å². The summed E-state index contributed by atoms with van der Waals surface area (Å²) in [4.78, 5) is 0. The number of hydrogen-bond acceptors (Lipinski definition) is 4. The van der Waals surface area contributed by atoms with Gasteiger partial charge < -0.3 is 19.6 Å². The van der Waals surface area contributed by atoms with Gasteiger partial charge in [0, 0.05) is 19.7 Å². The molecular formula is C13H23NO3. The average Bonchev–Trinajstić information content (AvgIpc) is 2.80. The minimum atomic E-state index is -0.583. The molecule has 0 saturated heterocycles. The van der Waals surface area contributed by atoms with Crippen LogP contribution in [0.5, 0.6) is 0 Å². The van der Waals surface area contributed by atoms with Crippen LogP contribution in [0.3, 0.4) is 0 Å². The van der Waals surface area contributed by atoms with Gasteiger partial charge in [0.1, 0.15) is 11.9 Å². The molecule has 0 amide bonds. The van der Waals surface area contributed by atoms with Gasteiger partial charge >= 0.3 is 0 Å². The van der Waals surface area contributed by atoms with E-state index in [1.165, 1.54) is 0 Å². The van der Waals surface area contributed by atoms with Gasteiger partial charge in [0.15, 0.2) is 0 Å². The Hall–Kier alpha value is -0.840. The SMILES string of the molecule is CC(C)CCOCCNCC(O)c1ccco1. The fraction of sp³-hybridized carbons (Fsp3) is 0.692. The molecule has 1 atom stereocenters. The highest BCUT2D eigenvalue weighted by atomic mass is 16.5. The maximum Gasteiger partial charge on any atom is 0.133 e. The summed E-state index contributed by atoms with van der Waals surface area (Å²) >= 11 is 0. The standard InChI is InChI=1S/C13H23NO3/c1-11(2)5-8-16-9-6-14-10-12(15)13-4-3-7-17-13/h3-4,7,11-12,14-15H,5-6,8-10H2,1-2H3. The molecule has 1 heterocycles. The second kappa shape index (κ2) is 8.28. The fourth-order valence-corrected chi connectivity index (χ4v) is 1.39. The number of ether oxygens (including phenoxy) is 1. The first-order chi connectivity index (χ1) is 8.20. The van der Waals surface area contributed by atoms with Gasteiger partial charge in [0.05, 0.1) is 12.9 Å². The van der Waals surface area contributed by atoms with E-state index in [-0.39, 0.29) is 0 Å². The molecule has 17 heavy (non-hydrogen) atoms. The lowest BCUT2D eigenvalue weighted by atomic mass is 10.1. The minimum absolute atomic E-state index is 0.487. The van der Waals surface area contributed by atoms with Gasteiger partial charge in [-0.25, -0.2) is 0 Å². The largest absolute Gasteiger partial charge is 0.467 e. The average molecular weight is 241 g/mol. The monoisotopic (exact) mass is 241 g/mol. The van der Waals surface area contributed by atoms with Crippen molar-refractivity contribution in [1.82, 2.24) is 5.32 Å². The molecule has 0 radical (unpaired) electrons. The zero-order valence-electron chi connectivity index (χ0n) is 10.7. The number of hydrogen-bond donors (Lipinski definition) is 2. The Kier molecular flexibility index (Phi) is 6.93. The van der Waals surface area contributed by atoms with Gasteiger partial charge in [0.25, 0.3) is 0 Å². The first-order valence-electron chi connectivity index (χ1n) is 6.20. The number of aliphatic hydroxyl groups is 1. The highest BCUT2D eigenvalue weighted by Crippen LogP contribution is 2.11. The summed E-state index contributed by atoms with van der Waals surface area (Å²) in [6.07, 6.45) is 2.07. The van der Waals surface area contributed by atoms with Crippen molar-refractivity contribution in [3.8, 4) is 0 Å². The van der Waals surface area contributed by atoms with E-state index in [1.807, 2.05) is 0 Å². The van der Waals surface area contributed by atoms with Crippen LogP contribution >= 0.6 is 0 Å². The Morgan fingerprint density at radius 2 is 2.24 bits per heavy atom. The van der Waals surface area contributed by atoms with Crippen LogP contribution in [0.25, 0.3) is 0 Å². The molecule has 0 fully saturated rings. The van der Waals surface area contributed by atoms with Crippen LogP contribution in [0.15, 0.2) is 22.8 Å². The van der Waals surface area contributed by atoms with E-state index in [2.05, 4.69) is 19.2 Å². The van der Waals surface area contributed by atoms with Crippen LogP contribution < -0.4 is 5.32 Å². The number of aliphatic hydroxyl groups excluding tert-OH is 1. The molecule has 0 aromatic carbocycles. The highest BCUT2D eigenvalue weighted by molar-refractivity contribution is 5.01. The Labute approximate surface area is 103 Å². The van der Waals surface area contributed by atoms with Crippen LogP contribution in [0, 0.1) is 5.92 Å². The van der Waals surface area contributed by atoms with Crippen LogP contribution in [0.1, 0.15) is 32.1 Å². The molecule has 0 aliphatic heterocycles. The number of rotatable bonds is 9. The Bertz CT molecular complexity index is 272. The Balaban J connectivity index is 1.94. The fourth-order valence-electron chi connectivity index (χ4n) is 1.39. The third kappa shape index (κ3) is 6.46. The van der Waals surface area contributed by atoms with Gasteiger partial charge in [-0.1, -0.05) is 13.8 Å². The predicted molar refractivity (Wildman–Crippen MR) is 66.8 cm³/mol. The Morgan fingerprint density at radius 1 is 1.41 bits per heavy atom.